The molecule has 1 heterocycles. The van der Waals surface area contributed by atoms with Crippen LogP contribution in [-0.2, 0) is 0 Å². The van der Waals surface area contributed by atoms with Crippen molar-refractivity contribution in [3.05, 3.63) is 58.8 Å². The van der Waals surface area contributed by atoms with Crippen LogP contribution in [0.3, 0.4) is 0 Å². The maximum Gasteiger partial charge on any atom is 0.0649 e. The molecule has 1 aromatic carbocycles. The normalized spacial score (nSPS) is 11.3. The Kier molecular flexibility index (Phi) is 3.88. The Labute approximate surface area is 109 Å². The molecule has 17 heavy (non-hydrogen) atoms. The molecule has 86 valence electrons. The molecule has 0 aliphatic rings. The molecule has 0 fully saturated rings. The van der Waals surface area contributed by atoms with Crippen LogP contribution in [0.15, 0.2) is 58.4 Å². The van der Waals surface area contributed by atoms with Crippen molar-refractivity contribution in [3.8, 4) is 0 Å². The van der Waals surface area contributed by atoms with Crippen LogP contribution in [0.2, 0.25) is 0 Å². The maximum atomic E-state index is 4.32. The van der Waals surface area contributed by atoms with Crippen molar-refractivity contribution in [2.45, 2.75) is 6.92 Å². The number of hydrogen-bond donors (Lipinski definition) is 1. The fourth-order valence-electron chi connectivity index (χ4n) is 1.33. The van der Waals surface area contributed by atoms with Gasteiger partial charge in [0.1, 0.15) is 0 Å². The molecule has 4 heteroatoms. The lowest BCUT2D eigenvalue weighted by Crippen LogP contribution is -1.99. The van der Waals surface area contributed by atoms with E-state index in [2.05, 4.69) is 31.4 Å². The summed E-state index contributed by atoms with van der Waals surface area (Å²) in [5, 5.41) is 4.32. The van der Waals surface area contributed by atoms with Gasteiger partial charge in [0, 0.05) is 22.4 Å². The minimum atomic E-state index is 0.926. The number of pyridine rings is 1. The molecule has 0 aliphatic heterocycles. The summed E-state index contributed by atoms with van der Waals surface area (Å²) in [6, 6.07) is 11.7. The number of benzene rings is 1. The molecule has 0 spiro atoms. The van der Waals surface area contributed by atoms with Crippen LogP contribution in [0.5, 0.6) is 0 Å². The van der Waals surface area contributed by atoms with E-state index in [1.54, 1.807) is 12.4 Å². The Morgan fingerprint density at radius 3 is 2.41 bits per heavy atom. The highest BCUT2D eigenvalue weighted by molar-refractivity contribution is 9.10. The van der Waals surface area contributed by atoms with Gasteiger partial charge >= 0.3 is 0 Å². The smallest absolute Gasteiger partial charge is 0.0649 e. The molecule has 1 aromatic heterocycles. The van der Waals surface area contributed by atoms with Gasteiger partial charge < -0.3 is 0 Å². The van der Waals surface area contributed by atoms with Crippen molar-refractivity contribution in [2.75, 3.05) is 5.43 Å². The molecule has 3 nitrogen and oxygen atoms in total. The van der Waals surface area contributed by atoms with Crippen LogP contribution < -0.4 is 5.43 Å². The van der Waals surface area contributed by atoms with Gasteiger partial charge in [-0.25, -0.2) is 0 Å². The Morgan fingerprint density at radius 2 is 1.76 bits per heavy atom. The van der Waals surface area contributed by atoms with Gasteiger partial charge in [0.25, 0.3) is 0 Å². The first-order chi connectivity index (χ1) is 8.25. The maximum absolute atomic E-state index is 4.32. The van der Waals surface area contributed by atoms with Gasteiger partial charge in [-0.15, -0.1) is 0 Å². The third kappa shape index (κ3) is 3.39. The summed E-state index contributed by atoms with van der Waals surface area (Å²) < 4.78 is 1.05. The first-order valence-electron chi connectivity index (χ1n) is 5.22. The highest BCUT2D eigenvalue weighted by Crippen LogP contribution is 2.14. The molecule has 2 rings (SSSR count). The van der Waals surface area contributed by atoms with E-state index in [-0.39, 0.29) is 0 Å². The number of rotatable bonds is 3. The molecular formula is C13H12BrN3. The highest BCUT2D eigenvalue weighted by Gasteiger charge is 1.96. The van der Waals surface area contributed by atoms with E-state index in [0.717, 1.165) is 21.4 Å². The highest BCUT2D eigenvalue weighted by atomic mass is 79.9. The lowest BCUT2D eigenvalue weighted by molar-refractivity contribution is 1.29. The van der Waals surface area contributed by atoms with Gasteiger partial charge in [0.05, 0.1) is 11.4 Å². The van der Waals surface area contributed by atoms with Crippen LogP contribution in [0, 0.1) is 0 Å². The largest absolute Gasteiger partial charge is 0.278 e. The van der Waals surface area contributed by atoms with Gasteiger partial charge in [-0.1, -0.05) is 15.9 Å². The Bertz CT molecular complexity index is 506. The van der Waals surface area contributed by atoms with Crippen LogP contribution in [0.25, 0.3) is 0 Å². The molecule has 1 N–H and O–H groups in total. The van der Waals surface area contributed by atoms with Gasteiger partial charge in [-0.05, 0) is 43.3 Å². The van der Waals surface area contributed by atoms with Gasteiger partial charge in [-0.2, -0.15) is 5.10 Å². The molecule has 0 bridgehead atoms. The first-order valence-corrected chi connectivity index (χ1v) is 6.01. The fraction of sp³-hybridized carbons (Fsp3) is 0.0769. The van der Waals surface area contributed by atoms with E-state index in [0.29, 0.717) is 0 Å². The quantitative estimate of drug-likeness (QED) is 0.691. The van der Waals surface area contributed by atoms with E-state index in [1.165, 1.54) is 0 Å². The van der Waals surface area contributed by atoms with Gasteiger partial charge in [0.2, 0.25) is 0 Å². The van der Waals surface area contributed by atoms with Crippen molar-refractivity contribution in [3.63, 3.8) is 0 Å². The topological polar surface area (TPSA) is 37.3 Å². The zero-order chi connectivity index (χ0) is 12.1. The summed E-state index contributed by atoms with van der Waals surface area (Å²) in [5.41, 5.74) is 5.96. The number of hydrazone groups is 1. The fourth-order valence-corrected chi connectivity index (χ4v) is 1.59. The number of hydrogen-bond acceptors (Lipinski definition) is 3. The lowest BCUT2D eigenvalue weighted by Gasteiger charge is -2.03. The number of nitrogens with one attached hydrogen (secondary N) is 1. The number of halogens is 1. The molecule has 0 unspecified atom stereocenters. The van der Waals surface area contributed by atoms with Crippen LogP contribution in [-0.4, -0.2) is 10.7 Å². The Hall–Kier alpha value is -1.68. The van der Waals surface area contributed by atoms with Crippen LogP contribution >= 0.6 is 15.9 Å². The van der Waals surface area contributed by atoms with Crippen molar-refractivity contribution in [1.82, 2.24) is 4.98 Å². The van der Waals surface area contributed by atoms with Crippen molar-refractivity contribution in [1.29, 1.82) is 0 Å². The minimum Gasteiger partial charge on any atom is -0.278 e. The predicted octanol–water partition coefficient (Wildman–Crippen LogP) is 3.68. The molecule has 0 aliphatic carbocycles. The summed E-state index contributed by atoms with van der Waals surface area (Å²) in [6.45, 7) is 1.96. The molecule has 0 saturated carbocycles. The molecule has 2 aromatic rings. The van der Waals surface area contributed by atoms with E-state index >= 15 is 0 Å². The second kappa shape index (κ2) is 5.59. The molecular weight excluding hydrogens is 278 g/mol. The van der Waals surface area contributed by atoms with Gasteiger partial charge in [-0.3, -0.25) is 10.4 Å². The molecule has 0 radical (unpaired) electrons. The monoisotopic (exact) mass is 289 g/mol. The number of aromatic nitrogens is 1. The SMILES string of the molecule is C/C(=N\Nc1ccc(Br)cc1)c1ccncc1. The standard InChI is InChI=1S/C13H12BrN3/c1-10(11-6-8-15-9-7-11)16-17-13-4-2-12(14)3-5-13/h2-9,17H,1H3/b16-10+. The van der Waals surface area contributed by atoms with Gasteiger partial charge in [0.15, 0.2) is 0 Å². The lowest BCUT2D eigenvalue weighted by atomic mass is 10.2. The van der Waals surface area contributed by atoms with Crippen molar-refractivity contribution >= 4 is 27.3 Å². The summed E-state index contributed by atoms with van der Waals surface area (Å²) >= 11 is 3.39. The molecule has 0 amide bonds. The summed E-state index contributed by atoms with van der Waals surface area (Å²) in [6.07, 6.45) is 3.52. The minimum absolute atomic E-state index is 0.926. The van der Waals surface area contributed by atoms with Crippen molar-refractivity contribution < 1.29 is 0 Å². The van der Waals surface area contributed by atoms with Crippen LogP contribution in [0.1, 0.15) is 12.5 Å². The molecule has 0 saturated heterocycles. The number of nitrogens with zero attached hydrogens (tertiary/aromatic N) is 2. The third-order valence-corrected chi connectivity index (χ3v) is 2.82. The zero-order valence-electron chi connectivity index (χ0n) is 9.39. The summed E-state index contributed by atoms with van der Waals surface area (Å²) in [4.78, 5) is 3.98. The number of anilines is 1. The van der Waals surface area contributed by atoms with E-state index in [1.807, 2.05) is 43.3 Å². The molecule has 0 atom stereocenters. The average Bonchev–Trinajstić information content (AvgIpc) is 2.39. The second-order valence-electron chi connectivity index (χ2n) is 3.55. The predicted molar refractivity (Wildman–Crippen MR) is 74.2 cm³/mol. The van der Waals surface area contributed by atoms with E-state index in [9.17, 15) is 0 Å². The van der Waals surface area contributed by atoms with Crippen molar-refractivity contribution in [2.24, 2.45) is 5.10 Å². The first kappa shape index (κ1) is 11.8. The average molecular weight is 290 g/mol. The summed E-state index contributed by atoms with van der Waals surface area (Å²) in [5.74, 6) is 0. The zero-order valence-corrected chi connectivity index (χ0v) is 11.0. The van der Waals surface area contributed by atoms with E-state index in [4.69, 9.17) is 0 Å². The second-order valence-corrected chi connectivity index (χ2v) is 4.47. The third-order valence-electron chi connectivity index (χ3n) is 2.30. The Balaban J connectivity index is 2.08. The van der Waals surface area contributed by atoms with Crippen LogP contribution in [0.4, 0.5) is 5.69 Å². The Morgan fingerprint density at radius 1 is 1.12 bits per heavy atom. The van der Waals surface area contributed by atoms with E-state index < -0.39 is 0 Å². The summed E-state index contributed by atoms with van der Waals surface area (Å²) in [7, 11) is 0.